The molecule has 1 aromatic rings. The zero-order valence-electron chi connectivity index (χ0n) is 19.4. The first kappa shape index (κ1) is 25.0. The van der Waals surface area contributed by atoms with Gasteiger partial charge < -0.3 is 20.3 Å². The maximum atomic E-state index is 10.8. The molecule has 1 heterocycles. The first-order chi connectivity index (χ1) is 14.6. The summed E-state index contributed by atoms with van der Waals surface area (Å²) in [5, 5.41) is 27.5. The van der Waals surface area contributed by atoms with Crippen molar-refractivity contribution < 1.29 is 5.11 Å². The van der Waals surface area contributed by atoms with E-state index in [0.29, 0.717) is 12.6 Å². The van der Waals surface area contributed by atoms with Crippen LogP contribution in [0.25, 0.3) is 0 Å². The smallest absolute Gasteiger partial charge is 0.191 e. The lowest BCUT2D eigenvalue weighted by Gasteiger charge is -2.26. The molecule has 1 aliphatic rings. The minimum atomic E-state index is -0.697. The molecule has 172 valence electrons. The van der Waals surface area contributed by atoms with Crippen LogP contribution >= 0.6 is 11.8 Å². The highest BCUT2D eigenvalue weighted by atomic mass is 32.2. The van der Waals surface area contributed by atoms with Gasteiger partial charge in [-0.15, -0.1) is 10.2 Å². The summed E-state index contributed by atoms with van der Waals surface area (Å²) in [4.78, 5) is 4.67. The van der Waals surface area contributed by atoms with Crippen LogP contribution in [0.4, 0.5) is 0 Å². The summed E-state index contributed by atoms with van der Waals surface area (Å²) in [6.07, 6.45) is 12.6. The topological polar surface area (TPSA) is 87.4 Å². The molecule has 0 bridgehead atoms. The molecule has 7 nitrogen and oxygen atoms in total. The monoisotopic (exact) mass is 438 g/mol. The largest absolute Gasteiger partial charge is 0.388 e. The molecule has 1 fully saturated rings. The van der Waals surface area contributed by atoms with Gasteiger partial charge in [-0.25, -0.2) is 0 Å². The van der Waals surface area contributed by atoms with E-state index in [1.54, 1.807) is 11.8 Å². The third-order valence-electron chi connectivity index (χ3n) is 5.78. The van der Waals surface area contributed by atoms with Gasteiger partial charge in [0, 0.05) is 25.6 Å². The average Bonchev–Trinajstić information content (AvgIpc) is 3.38. The van der Waals surface area contributed by atoms with Gasteiger partial charge >= 0.3 is 0 Å². The van der Waals surface area contributed by atoms with Gasteiger partial charge in [-0.05, 0) is 45.3 Å². The van der Waals surface area contributed by atoms with Crippen LogP contribution in [0.3, 0.4) is 0 Å². The summed E-state index contributed by atoms with van der Waals surface area (Å²) in [5.74, 6) is 1.89. The van der Waals surface area contributed by atoms with Crippen molar-refractivity contribution in [2.24, 2.45) is 4.99 Å². The molecular weight excluding hydrogens is 396 g/mol. The molecule has 1 aromatic heterocycles. The lowest BCUT2D eigenvalue weighted by atomic mass is 9.93. The number of aryl methyl sites for hydroxylation is 1. The zero-order chi connectivity index (χ0) is 21.8. The van der Waals surface area contributed by atoms with E-state index in [9.17, 15) is 5.11 Å². The normalized spacial score (nSPS) is 15.7. The number of hydrogen-bond donors (Lipinski definition) is 3. The molecule has 1 saturated carbocycles. The summed E-state index contributed by atoms with van der Waals surface area (Å²) in [7, 11) is 0. The third kappa shape index (κ3) is 7.45. The van der Waals surface area contributed by atoms with E-state index in [-0.39, 0.29) is 0 Å². The van der Waals surface area contributed by atoms with Crippen LogP contribution in [-0.2, 0) is 6.42 Å². The Morgan fingerprint density at radius 1 is 1.17 bits per heavy atom. The number of aromatic nitrogens is 3. The Balaban J connectivity index is 1.89. The van der Waals surface area contributed by atoms with E-state index in [1.165, 1.54) is 25.7 Å². The predicted octanol–water partition coefficient (Wildman–Crippen LogP) is 3.93. The summed E-state index contributed by atoms with van der Waals surface area (Å²) in [5.41, 5.74) is -0.697. The van der Waals surface area contributed by atoms with Gasteiger partial charge in [0.05, 0.1) is 12.1 Å². The van der Waals surface area contributed by atoms with Gasteiger partial charge in [-0.1, -0.05) is 51.3 Å². The Labute approximate surface area is 186 Å². The maximum Gasteiger partial charge on any atom is 0.191 e. The van der Waals surface area contributed by atoms with Crippen molar-refractivity contribution in [3.05, 3.63) is 5.82 Å². The highest BCUT2D eigenvalue weighted by Gasteiger charge is 2.25. The molecule has 3 N–H and O–H groups in total. The van der Waals surface area contributed by atoms with Gasteiger partial charge in [-0.3, -0.25) is 4.99 Å². The molecular formula is C22H42N6OS. The van der Waals surface area contributed by atoms with Crippen LogP contribution in [0, 0.1) is 0 Å². The second-order valence-corrected chi connectivity index (χ2v) is 9.13. The van der Waals surface area contributed by atoms with Crippen molar-refractivity contribution in [1.82, 2.24) is 25.4 Å². The number of aliphatic hydroxyl groups is 1. The Bertz CT molecular complexity index is 636. The second-order valence-electron chi connectivity index (χ2n) is 8.36. The fourth-order valence-corrected chi connectivity index (χ4v) is 4.95. The van der Waals surface area contributed by atoms with Crippen LogP contribution in [0.15, 0.2) is 10.1 Å². The molecule has 8 heteroatoms. The van der Waals surface area contributed by atoms with Crippen molar-refractivity contribution in [3.63, 3.8) is 0 Å². The van der Waals surface area contributed by atoms with E-state index in [2.05, 4.69) is 57.4 Å². The maximum absolute atomic E-state index is 10.8. The van der Waals surface area contributed by atoms with E-state index in [4.69, 9.17) is 0 Å². The molecule has 0 atom stereocenters. The van der Waals surface area contributed by atoms with Gasteiger partial charge in [0.15, 0.2) is 11.1 Å². The number of hydrogen-bond acceptors (Lipinski definition) is 5. The van der Waals surface area contributed by atoms with Crippen molar-refractivity contribution in [3.8, 4) is 0 Å². The fourth-order valence-electron chi connectivity index (χ4n) is 4.38. The van der Waals surface area contributed by atoms with Crippen molar-refractivity contribution in [2.75, 3.05) is 25.9 Å². The van der Waals surface area contributed by atoms with Crippen LogP contribution in [-0.4, -0.2) is 57.3 Å². The molecule has 0 aromatic carbocycles. The number of rotatable bonds is 13. The lowest BCUT2D eigenvalue weighted by Crippen LogP contribution is -2.40. The second kappa shape index (κ2) is 13.2. The Hall–Kier alpha value is -1.28. The van der Waals surface area contributed by atoms with Crippen LogP contribution in [0.5, 0.6) is 0 Å². The molecule has 0 radical (unpaired) electrons. The van der Waals surface area contributed by atoms with E-state index in [0.717, 1.165) is 68.6 Å². The minimum Gasteiger partial charge on any atom is -0.388 e. The van der Waals surface area contributed by atoms with Crippen molar-refractivity contribution >= 4 is 17.7 Å². The van der Waals surface area contributed by atoms with Crippen LogP contribution in [0.2, 0.25) is 0 Å². The SMILES string of the molecule is CCCC(O)(CCC)CN=C(NCC)NCCCc1nnc(SC)n1C1CCCC1. The minimum absolute atomic E-state index is 0.442. The number of guanidine groups is 1. The molecule has 0 spiro atoms. The number of thioether (sulfide) groups is 1. The predicted molar refractivity (Wildman–Crippen MR) is 126 cm³/mol. The molecule has 0 unspecified atom stereocenters. The molecule has 30 heavy (non-hydrogen) atoms. The Morgan fingerprint density at radius 2 is 1.87 bits per heavy atom. The van der Waals surface area contributed by atoms with Crippen LogP contribution < -0.4 is 10.6 Å². The molecule has 0 amide bonds. The first-order valence-electron chi connectivity index (χ1n) is 11.8. The summed E-state index contributed by atoms with van der Waals surface area (Å²) < 4.78 is 2.38. The van der Waals surface area contributed by atoms with Crippen molar-refractivity contribution in [1.29, 1.82) is 0 Å². The van der Waals surface area contributed by atoms with Gasteiger partial charge in [0.1, 0.15) is 5.82 Å². The highest BCUT2D eigenvalue weighted by molar-refractivity contribution is 7.98. The fraction of sp³-hybridized carbons (Fsp3) is 0.864. The number of nitrogens with one attached hydrogen (secondary N) is 2. The quantitative estimate of drug-likeness (QED) is 0.187. The van der Waals surface area contributed by atoms with E-state index < -0.39 is 5.60 Å². The average molecular weight is 439 g/mol. The standard InChI is InChI=1S/C22H42N6OS/c1-5-14-22(29,15-6-2)17-25-20(23-7-3)24-16-10-13-19-26-27-21(30-4)28(19)18-11-8-9-12-18/h18,29H,5-17H2,1-4H3,(H2,23,24,25). The Kier molecular flexibility index (Phi) is 11.0. The molecule has 0 aliphatic heterocycles. The lowest BCUT2D eigenvalue weighted by molar-refractivity contribution is 0.0306. The molecule has 1 aliphatic carbocycles. The van der Waals surface area contributed by atoms with Gasteiger partial charge in [0.2, 0.25) is 0 Å². The van der Waals surface area contributed by atoms with Gasteiger partial charge in [0.25, 0.3) is 0 Å². The van der Waals surface area contributed by atoms with Crippen LogP contribution in [0.1, 0.15) is 90.4 Å². The Morgan fingerprint density at radius 3 is 2.47 bits per heavy atom. The molecule has 2 rings (SSSR count). The summed E-state index contributed by atoms with van der Waals surface area (Å²) >= 11 is 1.69. The number of aliphatic imine (C=N–C) groups is 1. The van der Waals surface area contributed by atoms with Gasteiger partial charge in [-0.2, -0.15) is 0 Å². The van der Waals surface area contributed by atoms with Crippen molar-refractivity contribution in [2.45, 2.75) is 102 Å². The molecule has 0 saturated heterocycles. The van der Waals surface area contributed by atoms with E-state index >= 15 is 0 Å². The zero-order valence-corrected chi connectivity index (χ0v) is 20.2. The third-order valence-corrected chi connectivity index (χ3v) is 6.43. The summed E-state index contributed by atoms with van der Waals surface area (Å²) in [6, 6.07) is 0.569. The summed E-state index contributed by atoms with van der Waals surface area (Å²) in [6.45, 7) is 8.35. The number of nitrogens with zero attached hydrogens (tertiary/aromatic N) is 4. The first-order valence-corrected chi connectivity index (χ1v) is 13.0. The van der Waals surface area contributed by atoms with E-state index in [1.807, 2.05) is 0 Å². The highest BCUT2D eigenvalue weighted by Crippen LogP contribution is 2.33.